The fourth-order valence-electron chi connectivity index (χ4n) is 1.89. The Balaban J connectivity index is 1.64. The van der Waals surface area contributed by atoms with Crippen LogP contribution < -0.4 is 16.2 Å². The number of carbonyl (C=O) groups is 3. The Morgan fingerprint density at radius 2 is 1.48 bits per heavy atom. The molecule has 0 unspecified atom stereocenters. The molecule has 0 bridgehead atoms. The zero-order valence-electron chi connectivity index (χ0n) is 13.7. The zero-order chi connectivity index (χ0) is 18.1. The second-order valence-corrected chi connectivity index (χ2v) is 5.28. The molecule has 3 N–H and O–H groups in total. The highest BCUT2D eigenvalue weighted by Gasteiger charge is 2.08. The molecular formula is C18H19N3O4. The van der Waals surface area contributed by atoms with Gasteiger partial charge in [0, 0.05) is 11.3 Å². The minimum absolute atomic E-state index is 0.270. The molecular weight excluding hydrogens is 322 g/mol. The van der Waals surface area contributed by atoms with E-state index in [9.17, 15) is 14.4 Å². The molecule has 0 atom stereocenters. The van der Waals surface area contributed by atoms with E-state index >= 15 is 0 Å². The van der Waals surface area contributed by atoms with Crippen LogP contribution in [0.5, 0.6) is 0 Å². The van der Waals surface area contributed by atoms with E-state index in [1.54, 1.807) is 42.5 Å². The predicted octanol–water partition coefficient (Wildman–Crippen LogP) is 1.41. The molecule has 0 radical (unpaired) electrons. The van der Waals surface area contributed by atoms with Crippen molar-refractivity contribution in [3.05, 3.63) is 65.7 Å². The fraction of sp³-hybridized carbons (Fsp3) is 0.167. The first-order valence-corrected chi connectivity index (χ1v) is 7.63. The molecule has 2 rings (SSSR count). The summed E-state index contributed by atoms with van der Waals surface area (Å²) in [5, 5.41) is 2.65. The summed E-state index contributed by atoms with van der Waals surface area (Å²) in [4.78, 5) is 35.0. The molecule has 0 saturated carbocycles. The fourth-order valence-corrected chi connectivity index (χ4v) is 1.89. The molecule has 130 valence electrons. The molecule has 25 heavy (non-hydrogen) atoms. The molecule has 0 fully saturated rings. The summed E-state index contributed by atoms with van der Waals surface area (Å²) in [5.41, 5.74) is 6.63. The third-order valence-corrected chi connectivity index (χ3v) is 3.15. The van der Waals surface area contributed by atoms with Crippen molar-refractivity contribution in [1.82, 2.24) is 10.9 Å². The van der Waals surface area contributed by atoms with Gasteiger partial charge in [-0.05, 0) is 31.2 Å². The zero-order valence-corrected chi connectivity index (χ0v) is 13.7. The second-order valence-electron chi connectivity index (χ2n) is 5.28. The SMILES string of the molecule is Cc1ccc(NC(=O)COCC(=O)NNC(=O)c2ccccc2)cc1. The summed E-state index contributed by atoms with van der Waals surface area (Å²) < 4.78 is 5.02. The number of hydrazine groups is 1. The van der Waals surface area contributed by atoms with Gasteiger partial charge in [0.05, 0.1) is 0 Å². The van der Waals surface area contributed by atoms with Gasteiger partial charge >= 0.3 is 0 Å². The topological polar surface area (TPSA) is 96.5 Å². The van der Waals surface area contributed by atoms with E-state index < -0.39 is 11.8 Å². The van der Waals surface area contributed by atoms with Crippen molar-refractivity contribution < 1.29 is 19.1 Å². The van der Waals surface area contributed by atoms with Crippen LogP contribution in [0.2, 0.25) is 0 Å². The first-order valence-electron chi connectivity index (χ1n) is 7.63. The van der Waals surface area contributed by atoms with Crippen LogP contribution in [0.4, 0.5) is 5.69 Å². The number of amides is 3. The molecule has 0 aromatic heterocycles. The van der Waals surface area contributed by atoms with E-state index in [0.29, 0.717) is 11.3 Å². The van der Waals surface area contributed by atoms with Crippen molar-refractivity contribution in [1.29, 1.82) is 0 Å². The lowest BCUT2D eigenvalue weighted by atomic mass is 10.2. The van der Waals surface area contributed by atoms with Crippen molar-refractivity contribution in [2.45, 2.75) is 6.92 Å². The van der Waals surface area contributed by atoms with Crippen LogP contribution in [0.15, 0.2) is 54.6 Å². The molecule has 3 amide bonds. The maximum atomic E-state index is 11.7. The summed E-state index contributed by atoms with van der Waals surface area (Å²) >= 11 is 0. The van der Waals surface area contributed by atoms with Gasteiger partial charge in [0.25, 0.3) is 11.8 Å². The van der Waals surface area contributed by atoms with Crippen molar-refractivity contribution in [2.75, 3.05) is 18.5 Å². The predicted molar refractivity (Wildman–Crippen MR) is 92.7 cm³/mol. The number of hydrogen-bond donors (Lipinski definition) is 3. The lowest BCUT2D eigenvalue weighted by molar-refractivity contribution is -0.129. The minimum Gasteiger partial charge on any atom is -0.362 e. The Bertz CT molecular complexity index is 730. The van der Waals surface area contributed by atoms with E-state index in [4.69, 9.17) is 4.74 Å². The molecule has 0 aliphatic rings. The van der Waals surface area contributed by atoms with Crippen LogP contribution in [0.25, 0.3) is 0 Å². The van der Waals surface area contributed by atoms with E-state index in [2.05, 4.69) is 16.2 Å². The summed E-state index contributed by atoms with van der Waals surface area (Å²) in [6.07, 6.45) is 0. The van der Waals surface area contributed by atoms with Gasteiger partial charge in [-0.25, -0.2) is 0 Å². The summed E-state index contributed by atoms with van der Waals surface area (Å²) in [6, 6.07) is 15.8. The van der Waals surface area contributed by atoms with Crippen LogP contribution >= 0.6 is 0 Å². The first-order chi connectivity index (χ1) is 12.0. The number of hydrogen-bond acceptors (Lipinski definition) is 4. The van der Waals surface area contributed by atoms with Crippen LogP contribution in [0.1, 0.15) is 15.9 Å². The van der Waals surface area contributed by atoms with E-state index in [-0.39, 0.29) is 19.1 Å². The van der Waals surface area contributed by atoms with Crippen molar-refractivity contribution in [3.63, 3.8) is 0 Å². The lowest BCUT2D eigenvalue weighted by Gasteiger charge is -2.08. The Labute approximate surface area is 145 Å². The average Bonchev–Trinajstić information content (AvgIpc) is 2.62. The number of ether oxygens (including phenoxy) is 1. The van der Waals surface area contributed by atoms with Gasteiger partial charge in [0.1, 0.15) is 13.2 Å². The van der Waals surface area contributed by atoms with Crippen LogP contribution in [0.3, 0.4) is 0 Å². The summed E-state index contributed by atoms with van der Waals surface area (Å²) in [6.45, 7) is 1.33. The molecule has 7 nitrogen and oxygen atoms in total. The van der Waals surface area contributed by atoms with Crippen molar-refractivity contribution >= 4 is 23.4 Å². The average molecular weight is 341 g/mol. The smallest absolute Gasteiger partial charge is 0.269 e. The van der Waals surface area contributed by atoms with Gasteiger partial charge in [0.15, 0.2) is 0 Å². The van der Waals surface area contributed by atoms with Gasteiger partial charge in [-0.15, -0.1) is 0 Å². The Hall–Kier alpha value is -3.19. The molecule has 0 spiro atoms. The van der Waals surface area contributed by atoms with Gasteiger partial charge in [-0.2, -0.15) is 0 Å². The number of nitrogens with one attached hydrogen (secondary N) is 3. The Morgan fingerprint density at radius 3 is 2.16 bits per heavy atom. The largest absolute Gasteiger partial charge is 0.362 e. The second kappa shape index (κ2) is 9.19. The standard InChI is InChI=1S/C18H19N3O4/c1-13-7-9-15(10-8-13)19-16(22)11-25-12-17(23)20-21-18(24)14-5-3-2-4-6-14/h2-10H,11-12H2,1H3,(H,19,22)(H,20,23)(H,21,24). The van der Waals surface area contributed by atoms with Crippen molar-refractivity contribution in [3.8, 4) is 0 Å². The maximum absolute atomic E-state index is 11.7. The van der Waals surface area contributed by atoms with E-state index in [1.807, 2.05) is 19.1 Å². The molecule has 2 aromatic carbocycles. The van der Waals surface area contributed by atoms with Crippen molar-refractivity contribution in [2.24, 2.45) is 0 Å². The molecule has 0 aliphatic carbocycles. The molecule has 0 saturated heterocycles. The Morgan fingerprint density at radius 1 is 0.840 bits per heavy atom. The molecule has 7 heteroatoms. The highest BCUT2D eigenvalue weighted by Crippen LogP contribution is 2.08. The molecule has 0 heterocycles. The number of aryl methyl sites for hydroxylation is 1. The van der Waals surface area contributed by atoms with Gasteiger partial charge in [-0.1, -0.05) is 35.9 Å². The van der Waals surface area contributed by atoms with Gasteiger partial charge < -0.3 is 10.1 Å². The van der Waals surface area contributed by atoms with Crippen LogP contribution in [0, 0.1) is 6.92 Å². The van der Waals surface area contributed by atoms with Gasteiger partial charge in [0.2, 0.25) is 5.91 Å². The number of rotatable bonds is 6. The third kappa shape index (κ3) is 6.44. The van der Waals surface area contributed by atoms with Crippen LogP contribution in [-0.4, -0.2) is 30.9 Å². The summed E-state index contributed by atoms with van der Waals surface area (Å²) in [7, 11) is 0. The molecule has 0 aliphatic heterocycles. The monoisotopic (exact) mass is 341 g/mol. The first kappa shape index (κ1) is 18.2. The lowest BCUT2D eigenvalue weighted by Crippen LogP contribution is -2.43. The van der Waals surface area contributed by atoms with E-state index in [0.717, 1.165) is 5.56 Å². The minimum atomic E-state index is -0.563. The third-order valence-electron chi connectivity index (χ3n) is 3.15. The molecule has 2 aromatic rings. The highest BCUT2D eigenvalue weighted by atomic mass is 16.5. The number of carbonyl (C=O) groups excluding carboxylic acids is 3. The number of anilines is 1. The Kier molecular flexibility index (Phi) is 6.67. The number of benzene rings is 2. The quantitative estimate of drug-likeness (QED) is 0.692. The van der Waals surface area contributed by atoms with E-state index in [1.165, 1.54) is 0 Å². The van der Waals surface area contributed by atoms with Crippen LogP contribution in [-0.2, 0) is 14.3 Å². The normalized spacial score (nSPS) is 9.96. The highest BCUT2D eigenvalue weighted by molar-refractivity contribution is 5.95. The summed E-state index contributed by atoms with van der Waals surface area (Å²) in [5.74, 6) is -1.37. The maximum Gasteiger partial charge on any atom is 0.269 e. The van der Waals surface area contributed by atoms with Gasteiger partial charge in [-0.3, -0.25) is 25.2 Å².